The Bertz CT molecular complexity index is 491. The van der Waals surface area contributed by atoms with E-state index in [4.69, 9.17) is 9.47 Å². The molecule has 0 radical (unpaired) electrons. The lowest BCUT2D eigenvalue weighted by Gasteiger charge is -2.22. The van der Waals surface area contributed by atoms with Crippen LogP contribution in [-0.4, -0.2) is 37.8 Å². The number of ether oxygens (including phenoxy) is 2. The molecule has 1 fully saturated rings. The second kappa shape index (κ2) is 11.4. The van der Waals surface area contributed by atoms with E-state index in [1.165, 1.54) is 0 Å². The second-order valence-corrected chi connectivity index (χ2v) is 6.16. The Morgan fingerprint density at radius 2 is 2.17 bits per heavy atom. The van der Waals surface area contributed by atoms with Gasteiger partial charge in [0.05, 0.1) is 32.0 Å². The van der Waals surface area contributed by atoms with Crippen molar-refractivity contribution in [3.8, 4) is 0 Å². The average molecular weight is 357 g/mol. The number of anilines is 1. The fraction of sp³-hybridized carbons (Fsp3) is 0.611. The third kappa shape index (κ3) is 7.62. The minimum absolute atomic E-state index is 0. The third-order valence-corrected chi connectivity index (χ3v) is 3.77. The van der Waals surface area contributed by atoms with E-state index in [0.29, 0.717) is 19.8 Å². The van der Waals surface area contributed by atoms with Crippen LogP contribution >= 0.6 is 12.4 Å². The van der Waals surface area contributed by atoms with Crippen molar-refractivity contribution in [2.45, 2.75) is 51.9 Å². The van der Waals surface area contributed by atoms with E-state index in [1.54, 1.807) is 0 Å². The number of nitrogens with one attached hydrogen (secondary N) is 2. The van der Waals surface area contributed by atoms with Crippen LogP contribution in [0.25, 0.3) is 0 Å². The van der Waals surface area contributed by atoms with Crippen LogP contribution in [0.5, 0.6) is 0 Å². The van der Waals surface area contributed by atoms with Crippen molar-refractivity contribution in [3.05, 3.63) is 29.8 Å². The lowest BCUT2D eigenvalue weighted by atomic mass is 10.0. The van der Waals surface area contributed by atoms with Crippen molar-refractivity contribution in [1.29, 1.82) is 0 Å². The predicted molar refractivity (Wildman–Crippen MR) is 98.7 cm³/mol. The Balaban J connectivity index is 0.00000288. The van der Waals surface area contributed by atoms with Crippen LogP contribution < -0.4 is 10.6 Å². The summed E-state index contributed by atoms with van der Waals surface area (Å²) in [4.78, 5) is 12.2. The predicted octanol–water partition coefficient (Wildman–Crippen LogP) is 3.13. The summed E-state index contributed by atoms with van der Waals surface area (Å²) in [5.74, 6) is 0.0492. The molecule has 1 atom stereocenters. The van der Waals surface area contributed by atoms with Gasteiger partial charge in [0.25, 0.3) is 0 Å². The smallest absolute Gasteiger partial charge is 0.241 e. The molecule has 1 unspecified atom stereocenters. The van der Waals surface area contributed by atoms with Crippen molar-refractivity contribution in [2.24, 2.45) is 0 Å². The first kappa shape index (κ1) is 20.9. The van der Waals surface area contributed by atoms with Crippen molar-refractivity contribution >= 4 is 24.0 Å². The molecule has 0 aliphatic carbocycles. The molecule has 0 bridgehead atoms. The van der Waals surface area contributed by atoms with Crippen molar-refractivity contribution in [2.75, 3.05) is 25.1 Å². The molecule has 0 spiro atoms. The molecule has 1 aromatic rings. The molecular formula is C18H29ClN2O3. The highest BCUT2D eigenvalue weighted by atomic mass is 35.5. The molecule has 2 N–H and O–H groups in total. The second-order valence-electron chi connectivity index (χ2n) is 6.16. The summed E-state index contributed by atoms with van der Waals surface area (Å²) in [6, 6.07) is 7.73. The maximum absolute atomic E-state index is 12.2. The maximum Gasteiger partial charge on any atom is 0.241 e. The van der Waals surface area contributed by atoms with E-state index in [2.05, 4.69) is 10.6 Å². The maximum atomic E-state index is 12.2. The normalized spacial score (nSPS) is 17.4. The zero-order valence-corrected chi connectivity index (χ0v) is 15.4. The number of amides is 1. The molecule has 0 saturated carbocycles. The first-order valence-corrected chi connectivity index (χ1v) is 8.47. The number of carbonyl (C=O) groups excluding carboxylic acids is 1. The molecule has 1 aliphatic heterocycles. The van der Waals surface area contributed by atoms with Crippen LogP contribution in [0.2, 0.25) is 0 Å². The van der Waals surface area contributed by atoms with E-state index in [9.17, 15) is 4.79 Å². The molecule has 2 rings (SSSR count). The van der Waals surface area contributed by atoms with Crippen LogP contribution in [0.1, 0.15) is 38.7 Å². The summed E-state index contributed by atoms with van der Waals surface area (Å²) < 4.78 is 11.0. The summed E-state index contributed by atoms with van der Waals surface area (Å²) in [7, 11) is 0. The summed E-state index contributed by atoms with van der Waals surface area (Å²) in [5.41, 5.74) is 1.87. The molecule has 1 heterocycles. The molecule has 1 saturated heterocycles. The first-order chi connectivity index (χ1) is 11.1. The van der Waals surface area contributed by atoms with E-state index < -0.39 is 0 Å². The van der Waals surface area contributed by atoms with Gasteiger partial charge >= 0.3 is 0 Å². The highest BCUT2D eigenvalue weighted by molar-refractivity contribution is 5.94. The van der Waals surface area contributed by atoms with Gasteiger partial charge in [-0.1, -0.05) is 18.6 Å². The lowest BCUT2D eigenvalue weighted by Crippen LogP contribution is -2.43. The van der Waals surface area contributed by atoms with Gasteiger partial charge in [-0.3, -0.25) is 4.79 Å². The van der Waals surface area contributed by atoms with Gasteiger partial charge in [0.1, 0.15) is 0 Å². The molecule has 1 aromatic carbocycles. The number of hydrogen-bond donors (Lipinski definition) is 2. The minimum atomic E-state index is -0.0724. The van der Waals surface area contributed by atoms with E-state index in [1.807, 2.05) is 38.1 Å². The molecule has 5 nitrogen and oxygen atoms in total. The highest BCUT2D eigenvalue weighted by Crippen LogP contribution is 2.14. The molecule has 24 heavy (non-hydrogen) atoms. The largest absolute Gasteiger partial charge is 0.376 e. The van der Waals surface area contributed by atoms with Crippen LogP contribution in [0, 0.1) is 0 Å². The van der Waals surface area contributed by atoms with Gasteiger partial charge in [-0.05, 0) is 50.9 Å². The van der Waals surface area contributed by atoms with Gasteiger partial charge < -0.3 is 20.1 Å². The van der Waals surface area contributed by atoms with Crippen molar-refractivity contribution in [3.63, 3.8) is 0 Å². The number of halogens is 1. The molecule has 1 amide bonds. The quantitative estimate of drug-likeness (QED) is 0.702. The van der Waals surface area contributed by atoms with Crippen molar-refractivity contribution < 1.29 is 14.3 Å². The number of hydrogen-bond acceptors (Lipinski definition) is 4. The molecule has 1 aliphatic rings. The Morgan fingerprint density at radius 3 is 2.88 bits per heavy atom. The lowest BCUT2D eigenvalue weighted by molar-refractivity contribution is -0.118. The zero-order chi connectivity index (χ0) is 16.5. The van der Waals surface area contributed by atoms with E-state index >= 15 is 0 Å². The Hall–Kier alpha value is -1.14. The van der Waals surface area contributed by atoms with Crippen LogP contribution in [0.15, 0.2) is 24.3 Å². The SMILES string of the molecule is CC(C)OCCOCc1cccc(NC(=O)C2CCCCN2)c1.Cl. The van der Waals surface area contributed by atoms with Crippen LogP contribution in [0.3, 0.4) is 0 Å². The standard InChI is InChI=1S/C18H28N2O3.ClH/c1-14(2)23-11-10-22-13-15-6-5-7-16(12-15)20-18(21)17-8-3-4-9-19-17;/h5-7,12,14,17,19H,3-4,8-11,13H2,1-2H3,(H,20,21);1H. The molecule has 6 heteroatoms. The molecular weight excluding hydrogens is 328 g/mol. The summed E-state index contributed by atoms with van der Waals surface area (Å²) in [5, 5.41) is 6.25. The number of rotatable bonds is 8. The number of carbonyl (C=O) groups is 1. The van der Waals surface area contributed by atoms with Gasteiger partial charge in [-0.15, -0.1) is 12.4 Å². The third-order valence-electron chi connectivity index (χ3n) is 3.77. The average Bonchev–Trinajstić information content (AvgIpc) is 2.55. The van der Waals surface area contributed by atoms with Gasteiger partial charge in [-0.25, -0.2) is 0 Å². The Morgan fingerprint density at radius 1 is 1.33 bits per heavy atom. The monoisotopic (exact) mass is 356 g/mol. The molecule has 136 valence electrons. The summed E-state index contributed by atoms with van der Waals surface area (Å²) in [6.07, 6.45) is 3.39. The van der Waals surface area contributed by atoms with E-state index in [0.717, 1.165) is 37.1 Å². The topological polar surface area (TPSA) is 59.6 Å². The van der Waals surface area contributed by atoms with Gasteiger partial charge in [0.2, 0.25) is 5.91 Å². The zero-order valence-electron chi connectivity index (χ0n) is 14.5. The van der Waals surface area contributed by atoms with Gasteiger partial charge in [-0.2, -0.15) is 0 Å². The fourth-order valence-corrected chi connectivity index (χ4v) is 2.58. The number of piperidine rings is 1. The van der Waals surface area contributed by atoms with Gasteiger partial charge in [0, 0.05) is 5.69 Å². The number of benzene rings is 1. The Labute approximate surface area is 150 Å². The summed E-state index contributed by atoms with van der Waals surface area (Å²) in [6.45, 7) is 6.63. The fourth-order valence-electron chi connectivity index (χ4n) is 2.58. The van der Waals surface area contributed by atoms with Crippen molar-refractivity contribution in [1.82, 2.24) is 5.32 Å². The van der Waals surface area contributed by atoms with Crippen LogP contribution in [-0.2, 0) is 20.9 Å². The Kier molecular flexibility index (Phi) is 9.95. The summed E-state index contributed by atoms with van der Waals surface area (Å²) >= 11 is 0. The minimum Gasteiger partial charge on any atom is -0.376 e. The van der Waals surface area contributed by atoms with Gasteiger partial charge in [0.15, 0.2) is 0 Å². The first-order valence-electron chi connectivity index (χ1n) is 8.47. The molecule has 0 aromatic heterocycles. The van der Waals surface area contributed by atoms with E-state index in [-0.39, 0.29) is 30.5 Å². The van der Waals surface area contributed by atoms with Crippen LogP contribution in [0.4, 0.5) is 5.69 Å². The highest BCUT2D eigenvalue weighted by Gasteiger charge is 2.20.